The molecule has 1 fully saturated rings. The molecule has 2 heterocycles. The molecule has 6 nitrogen and oxygen atoms in total. The highest BCUT2D eigenvalue weighted by Crippen LogP contribution is 2.39. The van der Waals surface area contributed by atoms with Crippen LogP contribution in [-0.2, 0) is 5.54 Å². The van der Waals surface area contributed by atoms with Gasteiger partial charge in [0.2, 0.25) is 0 Å². The van der Waals surface area contributed by atoms with Crippen molar-refractivity contribution in [3.63, 3.8) is 0 Å². The zero-order valence-electron chi connectivity index (χ0n) is 14.8. The molecule has 1 aromatic carbocycles. The molecule has 4 N–H and O–H groups in total. The van der Waals surface area contributed by atoms with Gasteiger partial charge >= 0.3 is 0 Å². The van der Waals surface area contributed by atoms with Gasteiger partial charge in [-0.1, -0.05) is 11.8 Å². The first-order chi connectivity index (χ1) is 12.4. The Morgan fingerprint density at radius 1 is 1.41 bits per heavy atom. The molecule has 1 saturated carbocycles. The predicted octanol–water partition coefficient (Wildman–Crippen LogP) is 3.77. The lowest BCUT2D eigenvalue weighted by atomic mass is 9.89. The second kappa shape index (κ2) is 7.52. The zero-order chi connectivity index (χ0) is 18.3. The molecule has 1 amide bonds. The van der Waals surface area contributed by atoms with Crippen LogP contribution in [0.1, 0.15) is 53.8 Å². The average Bonchev–Trinajstić information content (AvgIpc) is 3.33. The lowest BCUT2D eigenvalue weighted by Gasteiger charge is -2.30. The van der Waals surface area contributed by atoms with Crippen molar-refractivity contribution in [3.05, 3.63) is 47.0 Å². The number of nitrogens with zero attached hydrogens (tertiary/aromatic N) is 2. The highest BCUT2D eigenvalue weighted by molar-refractivity contribution is 8.13. The third-order valence-electron chi connectivity index (χ3n) is 4.85. The normalized spacial score (nSPS) is 21.9. The molecule has 1 aliphatic carbocycles. The molecule has 2 aromatic rings. The summed E-state index contributed by atoms with van der Waals surface area (Å²) in [6.45, 7) is 1.86. The van der Waals surface area contributed by atoms with E-state index in [9.17, 15) is 9.18 Å². The number of benzene rings is 1. The number of aromatic amines is 1. The van der Waals surface area contributed by atoms with Crippen LogP contribution in [-0.4, -0.2) is 27.0 Å². The number of nitrogens with one attached hydrogen (secondary N) is 2. The van der Waals surface area contributed by atoms with Gasteiger partial charge in [-0.25, -0.2) is 4.39 Å². The molecule has 27 heavy (non-hydrogen) atoms. The molecule has 0 spiro atoms. The van der Waals surface area contributed by atoms with Crippen molar-refractivity contribution in [2.45, 2.75) is 37.6 Å². The molecule has 9 heteroatoms. The summed E-state index contributed by atoms with van der Waals surface area (Å²) in [7, 11) is 0. The number of thioether (sulfide) groups is 1. The summed E-state index contributed by atoms with van der Waals surface area (Å²) in [4.78, 5) is 16.9. The number of halogens is 2. The van der Waals surface area contributed by atoms with Gasteiger partial charge in [-0.2, -0.15) is 5.10 Å². The van der Waals surface area contributed by atoms with Gasteiger partial charge in [0.05, 0.1) is 5.54 Å². The number of anilines is 1. The fraction of sp³-hybridized carbons (Fsp3) is 0.389. The van der Waals surface area contributed by atoms with Gasteiger partial charge in [0.15, 0.2) is 10.9 Å². The standard InChI is InChI=1S/C18H20FN5OS.ClH/c1-18(6-7-26-17(20)22-18)12-8-11(4-5-13(12)19)21-16(25)15-9-14(23-24-15)10-2-3-10;/h4-5,8-10H,2-3,6-7H2,1H3,(H2,20,22)(H,21,25)(H,23,24);1H/t18-;/m0./s1. The number of aromatic nitrogens is 2. The number of amides is 1. The van der Waals surface area contributed by atoms with Gasteiger partial charge in [0.25, 0.3) is 5.91 Å². The number of H-pyrrole nitrogens is 1. The van der Waals surface area contributed by atoms with E-state index in [0.29, 0.717) is 34.5 Å². The molecular weight excluding hydrogens is 389 g/mol. The minimum atomic E-state index is -0.731. The third kappa shape index (κ3) is 4.11. The second-order valence-electron chi connectivity index (χ2n) is 6.95. The Balaban J connectivity index is 0.00000210. The molecule has 0 bridgehead atoms. The van der Waals surface area contributed by atoms with Gasteiger partial charge in [0, 0.05) is 28.6 Å². The van der Waals surface area contributed by atoms with Crippen molar-refractivity contribution in [1.29, 1.82) is 0 Å². The van der Waals surface area contributed by atoms with Gasteiger partial charge in [-0.05, 0) is 50.5 Å². The topological polar surface area (TPSA) is 96.2 Å². The third-order valence-corrected chi connectivity index (χ3v) is 5.64. The van der Waals surface area contributed by atoms with Gasteiger partial charge in [-0.15, -0.1) is 12.4 Å². The van der Waals surface area contributed by atoms with Gasteiger partial charge in [-0.3, -0.25) is 14.9 Å². The maximum atomic E-state index is 14.4. The minimum Gasteiger partial charge on any atom is -0.379 e. The summed E-state index contributed by atoms with van der Waals surface area (Å²) in [5, 5.41) is 10.2. The summed E-state index contributed by atoms with van der Waals surface area (Å²) in [5.74, 6) is 0.593. The fourth-order valence-corrected chi connectivity index (χ4v) is 4.12. The largest absolute Gasteiger partial charge is 0.379 e. The summed E-state index contributed by atoms with van der Waals surface area (Å²) < 4.78 is 14.4. The van der Waals surface area contributed by atoms with E-state index in [4.69, 9.17) is 5.73 Å². The summed E-state index contributed by atoms with van der Waals surface area (Å²) in [6, 6.07) is 6.31. The zero-order valence-corrected chi connectivity index (χ0v) is 16.4. The minimum absolute atomic E-state index is 0. The first kappa shape index (κ1) is 19.7. The number of carbonyl (C=O) groups is 1. The monoisotopic (exact) mass is 409 g/mol. The first-order valence-corrected chi connectivity index (χ1v) is 9.58. The number of carbonyl (C=O) groups excluding carboxylic acids is 1. The van der Waals surface area contributed by atoms with Gasteiger partial charge in [0.1, 0.15) is 5.82 Å². The Hall–Kier alpha value is -2.06. The van der Waals surface area contributed by atoms with Crippen molar-refractivity contribution < 1.29 is 9.18 Å². The summed E-state index contributed by atoms with van der Waals surface area (Å²) >= 11 is 1.47. The molecule has 1 aromatic heterocycles. The predicted molar refractivity (Wildman–Crippen MR) is 108 cm³/mol. The Morgan fingerprint density at radius 3 is 2.89 bits per heavy atom. The van der Waals surface area contributed by atoms with Crippen LogP contribution in [0.15, 0.2) is 29.3 Å². The maximum absolute atomic E-state index is 14.4. The van der Waals surface area contributed by atoms with Gasteiger partial charge < -0.3 is 11.1 Å². The van der Waals surface area contributed by atoms with Crippen LogP contribution >= 0.6 is 24.2 Å². The first-order valence-electron chi connectivity index (χ1n) is 8.59. The Kier molecular flexibility index (Phi) is 5.48. The highest BCUT2D eigenvalue weighted by Gasteiger charge is 2.32. The summed E-state index contributed by atoms with van der Waals surface area (Å²) in [5.41, 5.74) is 7.37. The van der Waals surface area contributed by atoms with Crippen LogP contribution in [0, 0.1) is 5.82 Å². The van der Waals surface area contributed by atoms with E-state index in [0.717, 1.165) is 24.3 Å². The number of rotatable bonds is 4. The van der Waals surface area contributed by atoms with Crippen LogP contribution in [0.5, 0.6) is 0 Å². The van der Waals surface area contributed by atoms with Crippen molar-refractivity contribution in [2.75, 3.05) is 11.1 Å². The molecule has 1 atom stereocenters. The summed E-state index contributed by atoms with van der Waals surface area (Å²) in [6.07, 6.45) is 2.94. The van der Waals surface area contributed by atoms with E-state index in [1.54, 1.807) is 18.2 Å². The number of hydrogen-bond donors (Lipinski definition) is 3. The van der Waals surface area contributed by atoms with Crippen molar-refractivity contribution in [1.82, 2.24) is 10.2 Å². The highest BCUT2D eigenvalue weighted by atomic mass is 35.5. The van der Waals surface area contributed by atoms with Crippen molar-refractivity contribution >= 4 is 40.9 Å². The molecule has 2 aliphatic rings. The van der Waals surface area contributed by atoms with E-state index in [2.05, 4.69) is 20.5 Å². The lowest BCUT2D eigenvalue weighted by Crippen LogP contribution is -2.29. The van der Waals surface area contributed by atoms with Crippen molar-refractivity contribution in [3.8, 4) is 0 Å². The van der Waals surface area contributed by atoms with Crippen LogP contribution in [0.2, 0.25) is 0 Å². The number of aliphatic imine (C=N–C) groups is 1. The molecule has 0 saturated heterocycles. The molecular formula is C18H21ClFN5OS. The maximum Gasteiger partial charge on any atom is 0.276 e. The number of nitrogens with two attached hydrogens (primary N) is 1. The Bertz CT molecular complexity index is 898. The molecule has 0 radical (unpaired) electrons. The average molecular weight is 410 g/mol. The quantitative estimate of drug-likeness (QED) is 0.716. The van der Waals surface area contributed by atoms with E-state index >= 15 is 0 Å². The van der Waals surface area contributed by atoms with Crippen LogP contribution in [0.4, 0.5) is 10.1 Å². The van der Waals surface area contributed by atoms with Crippen LogP contribution < -0.4 is 11.1 Å². The van der Waals surface area contributed by atoms with Crippen LogP contribution in [0.3, 0.4) is 0 Å². The number of amidine groups is 1. The van der Waals surface area contributed by atoms with E-state index in [1.807, 2.05) is 6.92 Å². The number of hydrogen-bond acceptors (Lipinski definition) is 5. The smallest absolute Gasteiger partial charge is 0.276 e. The second-order valence-corrected chi connectivity index (χ2v) is 8.07. The Labute approximate surface area is 167 Å². The Morgan fingerprint density at radius 2 is 2.19 bits per heavy atom. The molecule has 144 valence electrons. The van der Waals surface area contributed by atoms with Crippen LogP contribution in [0.25, 0.3) is 0 Å². The molecule has 4 rings (SSSR count). The molecule has 1 aliphatic heterocycles. The van der Waals surface area contributed by atoms with E-state index < -0.39 is 5.54 Å². The van der Waals surface area contributed by atoms with E-state index in [-0.39, 0.29) is 24.1 Å². The van der Waals surface area contributed by atoms with Crippen molar-refractivity contribution in [2.24, 2.45) is 10.7 Å². The van der Waals surface area contributed by atoms with E-state index in [1.165, 1.54) is 17.8 Å². The molecule has 0 unspecified atom stereocenters. The lowest BCUT2D eigenvalue weighted by molar-refractivity contribution is 0.102. The fourth-order valence-electron chi connectivity index (χ4n) is 3.15. The SMILES string of the molecule is C[C@@]1(c2cc(NC(=O)c3cc(C4CC4)[nH]n3)ccc2F)CCSC(N)=N1.Cl.